The van der Waals surface area contributed by atoms with Gasteiger partial charge in [0.1, 0.15) is 42.9 Å². The largest absolute Gasteiger partial charge is 0.338 e. The lowest BCUT2D eigenvalue weighted by Gasteiger charge is -2.50. The van der Waals surface area contributed by atoms with Crippen molar-refractivity contribution < 1.29 is 13.6 Å². The number of pyridine rings is 1. The lowest BCUT2D eigenvalue weighted by atomic mass is 9.40. The van der Waals surface area contributed by atoms with E-state index in [1.165, 1.54) is 18.2 Å². The minimum absolute atomic E-state index is 0.00994. The summed E-state index contributed by atoms with van der Waals surface area (Å²) in [4.78, 5) is 19.1. The Hall–Kier alpha value is -1.60. The molecule has 1 aromatic carbocycles. The van der Waals surface area contributed by atoms with Crippen LogP contribution in [0.5, 0.6) is 0 Å². The summed E-state index contributed by atoms with van der Waals surface area (Å²) >= 11 is 5.83. The molecule has 14 heteroatoms. The number of hydrogen-bond donors (Lipinski definition) is 1. The van der Waals surface area contributed by atoms with Crippen molar-refractivity contribution in [2.75, 3.05) is 13.1 Å². The van der Waals surface area contributed by atoms with Crippen LogP contribution in [0.15, 0.2) is 36.5 Å². The monoisotopic (exact) mass is 477 g/mol. The highest BCUT2D eigenvalue weighted by Crippen LogP contribution is 2.36. The molecule has 1 N–H and O–H groups in total. The number of halogens is 3. The van der Waals surface area contributed by atoms with E-state index in [4.69, 9.17) is 11.6 Å². The predicted octanol–water partition coefficient (Wildman–Crippen LogP) is -3.59. The molecular weight excluding hydrogens is 447 g/mol. The molecule has 1 aliphatic heterocycles. The molecular formula is C20H29B7ClF2N3O. The maximum atomic E-state index is 16.3. The minimum Gasteiger partial charge on any atom is -0.338 e. The van der Waals surface area contributed by atoms with Gasteiger partial charge in [-0.1, -0.05) is 22.8 Å². The van der Waals surface area contributed by atoms with Crippen LogP contribution in [0, 0.1) is 5.82 Å². The fourth-order valence-electron chi connectivity index (χ4n) is 4.67. The Morgan fingerprint density at radius 1 is 1.06 bits per heavy atom. The summed E-state index contributed by atoms with van der Waals surface area (Å²) in [6, 6.07) is 7.99. The highest BCUT2D eigenvalue weighted by molar-refractivity contribution is 6.58. The fourth-order valence-corrected chi connectivity index (χ4v) is 4.85. The van der Waals surface area contributed by atoms with E-state index in [0.717, 1.165) is 11.3 Å². The maximum Gasteiger partial charge on any atom is 0.253 e. The first-order valence-corrected chi connectivity index (χ1v) is 12.1. The van der Waals surface area contributed by atoms with Crippen LogP contribution in [0.25, 0.3) is 0 Å². The van der Waals surface area contributed by atoms with Gasteiger partial charge in [0, 0.05) is 30.5 Å². The Morgan fingerprint density at radius 3 is 2.18 bits per heavy atom. The molecule has 0 aliphatic carbocycles. The number of alkyl halides is 1. The molecule has 1 saturated heterocycles. The summed E-state index contributed by atoms with van der Waals surface area (Å²) in [6.07, 6.45) is 2.28. The lowest BCUT2D eigenvalue weighted by Crippen LogP contribution is -2.70. The first kappa shape index (κ1) is 27.0. The molecule has 0 atom stereocenters. The van der Waals surface area contributed by atoms with E-state index in [9.17, 15) is 9.18 Å². The summed E-state index contributed by atoms with van der Waals surface area (Å²) in [5.74, 6) is -0.837. The third kappa shape index (κ3) is 5.62. The Bertz CT molecular complexity index is 1060. The second kappa shape index (κ2) is 9.46. The van der Waals surface area contributed by atoms with Gasteiger partial charge in [-0.2, -0.15) is 0 Å². The van der Waals surface area contributed by atoms with Crippen molar-refractivity contribution in [3.63, 3.8) is 0 Å². The maximum absolute atomic E-state index is 16.3. The number of rotatable bonds is 6. The number of nitrogens with zero attached hydrogens (tertiary/aromatic N) is 2. The topological polar surface area (TPSA) is 45.2 Å². The first-order chi connectivity index (χ1) is 15.6. The molecule has 1 fully saturated rings. The Morgan fingerprint density at radius 2 is 1.68 bits per heavy atom. The van der Waals surface area contributed by atoms with E-state index in [-0.39, 0.29) is 42.0 Å². The molecule has 3 rings (SSSR count). The van der Waals surface area contributed by atoms with Crippen molar-refractivity contribution in [3.05, 3.63) is 64.2 Å². The van der Waals surface area contributed by atoms with Crippen molar-refractivity contribution in [1.82, 2.24) is 15.2 Å². The number of amides is 1. The molecule has 1 aliphatic rings. The van der Waals surface area contributed by atoms with Crippen molar-refractivity contribution in [1.29, 1.82) is 0 Å². The van der Waals surface area contributed by atoms with Gasteiger partial charge in [-0.25, -0.2) is 8.78 Å². The Kier molecular flexibility index (Phi) is 7.51. The number of carbonyl (C=O) groups is 1. The Labute approximate surface area is 212 Å². The highest BCUT2D eigenvalue weighted by atomic mass is 35.5. The first-order valence-electron chi connectivity index (χ1n) is 11.8. The van der Waals surface area contributed by atoms with Gasteiger partial charge in [0.25, 0.3) is 5.91 Å². The average Bonchev–Trinajstić information content (AvgIpc) is 2.74. The van der Waals surface area contributed by atoms with E-state index in [1.807, 2.05) is 43.6 Å². The molecule has 1 aromatic heterocycles. The van der Waals surface area contributed by atoms with Gasteiger partial charge in [-0.05, 0) is 53.3 Å². The summed E-state index contributed by atoms with van der Waals surface area (Å²) in [5.41, 5.74) is 0.777. The molecule has 34 heavy (non-hydrogen) atoms. The number of benzene rings is 1. The van der Waals surface area contributed by atoms with Crippen LogP contribution in [0.4, 0.5) is 8.78 Å². The number of hydrogen-bond acceptors (Lipinski definition) is 3. The second-order valence-corrected chi connectivity index (χ2v) is 11.9. The third-order valence-corrected chi connectivity index (χ3v) is 7.31. The summed E-state index contributed by atoms with van der Waals surface area (Å²) in [6.45, 7) is 0.544. The average molecular weight is 477 g/mol. The van der Waals surface area contributed by atoms with Crippen LogP contribution in [0.3, 0.4) is 0 Å². The van der Waals surface area contributed by atoms with Crippen LogP contribution < -0.4 is 5.32 Å². The zero-order valence-electron chi connectivity index (χ0n) is 21.2. The van der Waals surface area contributed by atoms with Gasteiger partial charge in [0.2, 0.25) is 0 Å². The van der Waals surface area contributed by atoms with Gasteiger partial charge < -0.3 is 10.2 Å². The fraction of sp³-hybridized carbons (Fsp3) is 0.400. The molecule has 0 bridgehead atoms. The van der Waals surface area contributed by atoms with Crippen LogP contribution in [-0.2, 0) is 10.5 Å². The van der Waals surface area contributed by atoms with Gasteiger partial charge in [-0.15, -0.1) is 0 Å². The van der Waals surface area contributed by atoms with Gasteiger partial charge in [-0.3, -0.25) is 9.78 Å². The van der Waals surface area contributed by atoms with Crippen molar-refractivity contribution >= 4 is 72.4 Å². The van der Waals surface area contributed by atoms with Crippen LogP contribution >= 0.6 is 11.6 Å². The van der Waals surface area contributed by atoms with Crippen LogP contribution in [-0.4, -0.2) is 94.8 Å². The van der Waals surface area contributed by atoms with Crippen molar-refractivity contribution in [3.8, 4) is 0 Å². The van der Waals surface area contributed by atoms with Crippen molar-refractivity contribution in [2.45, 2.75) is 34.3 Å². The molecule has 1 amide bonds. The molecule has 0 unspecified atom stereocenters. The lowest BCUT2D eigenvalue weighted by molar-refractivity contribution is 0.0278. The highest BCUT2D eigenvalue weighted by Gasteiger charge is 2.49. The van der Waals surface area contributed by atoms with E-state index in [2.05, 4.69) is 39.9 Å². The number of aromatic nitrogens is 1. The number of piperidine rings is 1. The molecule has 0 spiro atoms. The quantitative estimate of drug-likeness (QED) is 0.439. The Balaban J connectivity index is 1.70. The van der Waals surface area contributed by atoms with E-state index < -0.39 is 22.2 Å². The molecule has 0 saturated carbocycles. The standard InChI is InChI=1S/C20H29B7ClF2N3O/c21-18(22,23)12-2-4-15(31-10-12)19(24,25)32-20(26,27)17(30)5-7-33(8-6-17)16(34)11-1-3-14(29)13(28)9-11/h1-4,9-10,32H,5-8,21-27H2. The van der Waals surface area contributed by atoms with Gasteiger partial charge in [0.05, 0.1) is 28.6 Å². The number of carbonyl (C=O) groups excluding carboxylic acids is 1. The summed E-state index contributed by atoms with van der Waals surface area (Å²) < 4.78 is 29.7. The summed E-state index contributed by atoms with van der Waals surface area (Å²) in [5, 5.41) is 1.99. The molecule has 2 heterocycles. The zero-order valence-corrected chi connectivity index (χ0v) is 22.0. The molecule has 4 nitrogen and oxygen atoms in total. The van der Waals surface area contributed by atoms with Gasteiger partial charge >= 0.3 is 0 Å². The van der Waals surface area contributed by atoms with Crippen LogP contribution in [0.1, 0.15) is 34.5 Å². The van der Waals surface area contributed by atoms with Crippen LogP contribution in [0.2, 0.25) is 5.02 Å². The zero-order chi connectivity index (χ0) is 25.5. The van der Waals surface area contributed by atoms with E-state index in [0.29, 0.717) is 5.56 Å². The van der Waals surface area contributed by atoms with E-state index >= 15 is 4.39 Å². The van der Waals surface area contributed by atoms with Gasteiger partial charge in [0.15, 0.2) is 0 Å². The predicted molar refractivity (Wildman–Crippen MR) is 154 cm³/mol. The third-order valence-electron chi connectivity index (χ3n) is 7.02. The second-order valence-electron chi connectivity index (χ2n) is 11.4. The van der Waals surface area contributed by atoms with E-state index in [1.54, 1.807) is 4.90 Å². The normalized spacial score (nSPS) is 16.9. The minimum atomic E-state index is -1.52. The summed E-state index contributed by atoms with van der Waals surface area (Å²) in [7, 11) is 14.2. The number of likely N-dealkylation sites (tertiary alicyclic amines) is 1. The molecule has 2 aromatic rings. The smallest absolute Gasteiger partial charge is 0.253 e. The van der Waals surface area contributed by atoms with Crippen molar-refractivity contribution in [2.24, 2.45) is 0 Å². The number of nitrogens with one attached hydrogen (secondary N) is 1. The SMILES string of the molecule is BC(B)(B)c1ccc(C(B)(B)NC(B)(B)C2(F)CCN(C(=O)c3ccc(F)c(Cl)c3)CC2)nc1. The molecule has 0 radical (unpaired) electrons. The molecule has 172 valence electrons.